The van der Waals surface area contributed by atoms with E-state index in [1.807, 2.05) is 6.92 Å². The molecule has 1 aromatic carbocycles. The average Bonchev–Trinajstić information content (AvgIpc) is 2.74. The quantitative estimate of drug-likeness (QED) is 0.784. The number of alkyl halides is 3. The third-order valence-corrected chi connectivity index (χ3v) is 4.60. The predicted molar refractivity (Wildman–Crippen MR) is 89.3 cm³/mol. The Bertz CT molecular complexity index is 578. The summed E-state index contributed by atoms with van der Waals surface area (Å²) in [5.74, 6) is 0.103. The summed E-state index contributed by atoms with van der Waals surface area (Å²) < 4.78 is 43.5. The number of nitrogens with zero attached hydrogens (tertiary/aromatic N) is 2. The summed E-state index contributed by atoms with van der Waals surface area (Å²) in [4.78, 5) is 16.1. The van der Waals surface area contributed by atoms with E-state index < -0.39 is 11.7 Å². The van der Waals surface area contributed by atoms with Gasteiger partial charge in [0.25, 0.3) is 0 Å². The van der Waals surface area contributed by atoms with Gasteiger partial charge in [-0.05, 0) is 25.0 Å². The first kappa shape index (κ1) is 19.7. The number of halogens is 3. The van der Waals surface area contributed by atoms with Crippen LogP contribution in [0.25, 0.3) is 0 Å². The van der Waals surface area contributed by atoms with Crippen molar-refractivity contribution >= 4 is 5.91 Å². The molecule has 140 valence electrons. The molecule has 0 bridgehead atoms. The van der Waals surface area contributed by atoms with Crippen LogP contribution < -0.4 is 0 Å². The molecule has 0 aliphatic carbocycles. The average molecular weight is 358 g/mol. The SMILES string of the molecule is COCCN1CCN(C(C)Cc2cccc(C(F)(F)F)c2)CCC1=O. The standard InChI is InChI=1S/C18H25F3N2O2/c1-14(12-15-4-3-5-16(13-15)18(19,20)21)22-7-6-17(24)23(9-8-22)10-11-25-2/h3-5,13-14H,6-12H2,1-2H3. The van der Waals surface area contributed by atoms with Crippen LogP contribution in [-0.4, -0.2) is 61.6 Å². The van der Waals surface area contributed by atoms with Crippen LogP contribution in [0.5, 0.6) is 0 Å². The lowest BCUT2D eigenvalue weighted by Crippen LogP contribution is -2.39. The lowest BCUT2D eigenvalue weighted by Gasteiger charge is -2.28. The first-order chi connectivity index (χ1) is 11.8. The number of amides is 1. The van der Waals surface area contributed by atoms with E-state index in [4.69, 9.17) is 4.74 Å². The summed E-state index contributed by atoms with van der Waals surface area (Å²) in [5, 5.41) is 0. The molecule has 1 aliphatic rings. The maximum absolute atomic E-state index is 12.8. The monoisotopic (exact) mass is 358 g/mol. The minimum Gasteiger partial charge on any atom is -0.383 e. The molecule has 1 unspecified atom stereocenters. The first-order valence-corrected chi connectivity index (χ1v) is 8.48. The van der Waals surface area contributed by atoms with Gasteiger partial charge in [0.15, 0.2) is 0 Å². The third-order valence-electron chi connectivity index (χ3n) is 4.60. The van der Waals surface area contributed by atoms with E-state index in [1.54, 1.807) is 18.1 Å². The Labute approximate surface area is 146 Å². The summed E-state index contributed by atoms with van der Waals surface area (Å²) in [6, 6.07) is 5.54. The van der Waals surface area contributed by atoms with E-state index in [0.29, 0.717) is 44.6 Å². The minimum absolute atomic E-state index is 0.0682. The second kappa shape index (κ2) is 8.67. The molecule has 1 saturated heterocycles. The molecule has 0 N–H and O–H groups in total. The van der Waals surface area contributed by atoms with Gasteiger partial charge >= 0.3 is 6.18 Å². The summed E-state index contributed by atoms with van der Waals surface area (Å²) in [5.41, 5.74) is 0.0446. The molecular weight excluding hydrogens is 333 g/mol. The third kappa shape index (κ3) is 5.71. The molecule has 0 saturated carbocycles. The number of ether oxygens (including phenoxy) is 1. The maximum atomic E-state index is 12.8. The van der Waals surface area contributed by atoms with E-state index in [-0.39, 0.29) is 11.9 Å². The molecule has 2 rings (SSSR count). The summed E-state index contributed by atoms with van der Waals surface area (Å²) in [7, 11) is 1.60. The van der Waals surface area contributed by atoms with Crippen LogP contribution in [0.1, 0.15) is 24.5 Å². The van der Waals surface area contributed by atoms with Gasteiger partial charge in [-0.15, -0.1) is 0 Å². The van der Waals surface area contributed by atoms with Crippen LogP contribution in [0.4, 0.5) is 13.2 Å². The van der Waals surface area contributed by atoms with Gasteiger partial charge in [0.2, 0.25) is 5.91 Å². The zero-order chi connectivity index (χ0) is 18.4. The molecular formula is C18H25F3N2O2. The number of methoxy groups -OCH3 is 1. The molecule has 1 heterocycles. The Morgan fingerprint density at radius 3 is 2.68 bits per heavy atom. The highest BCUT2D eigenvalue weighted by molar-refractivity contribution is 5.76. The molecule has 4 nitrogen and oxygen atoms in total. The predicted octanol–water partition coefficient (Wildman–Crippen LogP) is 2.82. The van der Waals surface area contributed by atoms with Crippen molar-refractivity contribution in [2.24, 2.45) is 0 Å². The molecule has 1 aliphatic heterocycles. The van der Waals surface area contributed by atoms with Gasteiger partial charge in [-0.3, -0.25) is 9.69 Å². The van der Waals surface area contributed by atoms with Crippen molar-refractivity contribution in [3.05, 3.63) is 35.4 Å². The molecule has 7 heteroatoms. The van der Waals surface area contributed by atoms with Crippen molar-refractivity contribution in [2.45, 2.75) is 32.0 Å². The minimum atomic E-state index is -4.32. The Hall–Kier alpha value is -1.60. The van der Waals surface area contributed by atoms with E-state index in [1.165, 1.54) is 12.1 Å². The van der Waals surface area contributed by atoms with Crippen molar-refractivity contribution < 1.29 is 22.7 Å². The second-order valence-electron chi connectivity index (χ2n) is 6.41. The largest absolute Gasteiger partial charge is 0.416 e. The fourth-order valence-corrected chi connectivity index (χ4v) is 3.11. The molecule has 0 radical (unpaired) electrons. The maximum Gasteiger partial charge on any atom is 0.416 e. The van der Waals surface area contributed by atoms with Crippen LogP contribution in [0, 0.1) is 0 Å². The Balaban J connectivity index is 1.97. The fourth-order valence-electron chi connectivity index (χ4n) is 3.11. The van der Waals surface area contributed by atoms with Crippen LogP contribution in [0.3, 0.4) is 0 Å². The zero-order valence-electron chi connectivity index (χ0n) is 14.7. The van der Waals surface area contributed by atoms with Crippen molar-refractivity contribution in [1.82, 2.24) is 9.80 Å². The molecule has 1 amide bonds. The highest BCUT2D eigenvalue weighted by atomic mass is 19.4. The van der Waals surface area contributed by atoms with Gasteiger partial charge in [0.1, 0.15) is 0 Å². The normalized spacial score (nSPS) is 18.3. The number of hydrogen-bond donors (Lipinski definition) is 0. The number of benzene rings is 1. The number of hydrogen-bond acceptors (Lipinski definition) is 3. The van der Waals surface area contributed by atoms with Crippen LogP contribution in [0.2, 0.25) is 0 Å². The van der Waals surface area contributed by atoms with Gasteiger partial charge in [-0.1, -0.05) is 18.2 Å². The van der Waals surface area contributed by atoms with E-state index >= 15 is 0 Å². The highest BCUT2D eigenvalue weighted by Crippen LogP contribution is 2.30. The second-order valence-corrected chi connectivity index (χ2v) is 6.41. The molecule has 1 fully saturated rings. The van der Waals surface area contributed by atoms with Crippen LogP contribution >= 0.6 is 0 Å². The van der Waals surface area contributed by atoms with E-state index in [9.17, 15) is 18.0 Å². The van der Waals surface area contributed by atoms with E-state index in [2.05, 4.69) is 4.90 Å². The topological polar surface area (TPSA) is 32.8 Å². The molecule has 0 aromatic heterocycles. The Morgan fingerprint density at radius 1 is 1.24 bits per heavy atom. The summed E-state index contributed by atoms with van der Waals surface area (Å²) >= 11 is 0. The fraction of sp³-hybridized carbons (Fsp3) is 0.611. The van der Waals surface area contributed by atoms with Crippen molar-refractivity contribution in [1.29, 1.82) is 0 Å². The van der Waals surface area contributed by atoms with Crippen LogP contribution in [0.15, 0.2) is 24.3 Å². The van der Waals surface area contributed by atoms with Gasteiger partial charge in [-0.2, -0.15) is 13.2 Å². The number of carbonyl (C=O) groups excluding carboxylic acids is 1. The van der Waals surface area contributed by atoms with Gasteiger partial charge < -0.3 is 9.64 Å². The lowest BCUT2D eigenvalue weighted by atomic mass is 10.0. The van der Waals surface area contributed by atoms with Crippen molar-refractivity contribution in [3.8, 4) is 0 Å². The molecule has 25 heavy (non-hydrogen) atoms. The molecule has 1 aromatic rings. The summed E-state index contributed by atoms with van der Waals surface area (Å²) in [6.07, 6.45) is -3.37. The van der Waals surface area contributed by atoms with E-state index in [0.717, 1.165) is 12.6 Å². The van der Waals surface area contributed by atoms with Gasteiger partial charge in [-0.25, -0.2) is 0 Å². The zero-order valence-corrected chi connectivity index (χ0v) is 14.7. The highest BCUT2D eigenvalue weighted by Gasteiger charge is 2.30. The smallest absolute Gasteiger partial charge is 0.383 e. The number of rotatable bonds is 6. The van der Waals surface area contributed by atoms with Crippen molar-refractivity contribution in [2.75, 3.05) is 39.9 Å². The van der Waals surface area contributed by atoms with Crippen molar-refractivity contribution in [3.63, 3.8) is 0 Å². The molecule has 0 spiro atoms. The first-order valence-electron chi connectivity index (χ1n) is 8.48. The Morgan fingerprint density at radius 2 is 2.00 bits per heavy atom. The van der Waals surface area contributed by atoms with Crippen LogP contribution in [-0.2, 0) is 22.1 Å². The lowest BCUT2D eigenvalue weighted by molar-refractivity contribution is -0.137. The number of carbonyl (C=O) groups is 1. The van der Waals surface area contributed by atoms with Gasteiger partial charge in [0, 0.05) is 45.8 Å². The molecule has 1 atom stereocenters. The summed E-state index contributed by atoms with van der Waals surface area (Å²) in [6.45, 7) is 5.04. The van der Waals surface area contributed by atoms with Gasteiger partial charge in [0.05, 0.1) is 12.2 Å². The Kier molecular flexibility index (Phi) is 6.84.